The van der Waals surface area contributed by atoms with E-state index >= 15 is 0 Å². The van der Waals surface area contributed by atoms with Crippen LogP contribution in [0, 0.1) is 5.41 Å². The van der Waals surface area contributed by atoms with Gasteiger partial charge in [-0.3, -0.25) is 4.99 Å². The fourth-order valence-corrected chi connectivity index (χ4v) is 1.36. The van der Waals surface area contributed by atoms with E-state index in [1.54, 1.807) is 6.20 Å². The molecule has 0 aromatic carbocycles. The predicted molar refractivity (Wildman–Crippen MR) is 55.1 cm³/mol. The van der Waals surface area contributed by atoms with E-state index in [4.69, 9.17) is 0 Å². The van der Waals surface area contributed by atoms with Crippen molar-refractivity contribution in [3.63, 3.8) is 0 Å². The highest BCUT2D eigenvalue weighted by molar-refractivity contribution is 6.01. The molecular formula is C10H17N3. The Balaban J connectivity index is 3.14. The summed E-state index contributed by atoms with van der Waals surface area (Å²) >= 11 is 0. The summed E-state index contributed by atoms with van der Waals surface area (Å²) in [5.41, 5.74) is 1.09. The summed E-state index contributed by atoms with van der Waals surface area (Å²) in [6, 6.07) is 0. The molecule has 0 bridgehead atoms. The van der Waals surface area contributed by atoms with Crippen LogP contribution in [0.15, 0.2) is 17.4 Å². The van der Waals surface area contributed by atoms with Crippen LogP contribution in [0.4, 0.5) is 0 Å². The van der Waals surface area contributed by atoms with Gasteiger partial charge in [0.25, 0.3) is 0 Å². The van der Waals surface area contributed by atoms with E-state index in [9.17, 15) is 0 Å². The van der Waals surface area contributed by atoms with E-state index in [-0.39, 0.29) is 5.41 Å². The first-order valence-corrected chi connectivity index (χ1v) is 4.41. The molecule has 3 heteroatoms. The van der Waals surface area contributed by atoms with Crippen LogP contribution in [0.3, 0.4) is 0 Å². The molecule has 0 saturated carbocycles. The average molecular weight is 179 g/mol. The van der Waals surface area contributed by atoms with Crippen molar-refractivity contribution in [3.8, 4) is 0 Å². The van der Waals surface area contributed by atoms with Crippen molar-refractivity contribution in [3.05, 3.63) is 18.2 Å². The summed E-state index contributed by atoms with van der Waals surface area (Å²) in [5.74, 6) is 0.954. The van der Waals surface area contributed by atoms with Crippen LogP contribution in [0.5, 0.6) is 0 Å². The summed E-state index contributed by atoms with van der Waals surface area (Å²) in [7, 11) is 3.80. The smallest absolute Gasteiger partial charge is 0.154 e. The van der Waals surface area contributed by atoms with Gasteiger partial charge < -0.3 is 4.57 Å². The van der Waals surface area contributed by atoms with Crippen molar-refractivity contribution in [2.24, 2.45) is 17.5 Å². The Kier molecular flexibility index (Phi) is 2.55. The Hall–Kier alpha value is -1.12. The molecular weight excluding hydrogens is 162 g/mol. The number of nitrogens with zero attached hydrogens (tertiary/aromatic N) is 3. The predicted octanol–water partition coefficient (Wildman–Crippen LogP) is 1.89. The van der Waals surface area contributed by atoms with Crippen LogP contribution in [-0.2, 0) is 7.05 Å². The van der Waals surface area contributed by atoms with Crippen molar-refractivity contribution >= 4 is 5.71 Å². The topological polar surface area (TPSA) is 30.2 Å². The zero-order valence-electron chi connectivity index (χ0n) is 9.00. The van der Waals surface area contributed by atoms with Crippen LogP contribution in [-0.4, -0.2) is 22.3 Å². The molecule has 3 nitrogen and oxygen atoms in total. The minimum atomic E-state index is 0.0495. The lowest BCUT2D eigenvalue weighted by Gasteiger charge is -2.20. The molecule has 0 aliphatic rings. The normalized spacial score (nSPS) is 13.5. The van der Waals surface area contributed by atoms with Crippen LogP contribution in [0.2, 0.25) is 0 Å². The van der Waals surface area contributed by atoms with E-state index in [2.05, 4.69) is 30.7 Å². The van der Waals surface area contributed by atoms with E-state index in [1.807, 2.05) is 24.9 Å². The lowest BCUT2D eigenvalue weighted by Crippen LogP contribution is -2.24. The third kappa shape index (κ3) is 1.97. The standard InChI is InChI=1S/C10H17N3/c1-10(2,3)8(11-4)9-12-6-7-13(9)5/h6-7H,1-5H3. The van der Waals surface area contributed by atoms with E-state index in [1.165, 1.54) is 0 Å². The Morgan fingerprint density at radius 3 is 2.38 bits per heavy atom. The summed E-state index contributed by atoms with van der Waals surface area (Å²) in [5, 5.41) is 0. The van der Waals surface area contributed by atoms with Crippen LogP contribution < -0.4 is 0 Å². The molecule has 0 radical (unpaired) electrons. The molecule has 0 spiro atoms. The van der Waals surface area contributed by atoms with Gasteiger partial charge in [-0.05, 0) is 0 Å². The second kappa shape index (κ2) is 3.32. The first-order chi connectivity index (χ1) is 5.96. The van der Waals surface area contributed by atoms with Crippen LogP contribution in [0.25, 0.3) is 0 Å². The number of rotatable bonds is 1. The fraction of sp³-hybridized carbons (Fsp3) is 0.600. The van der Waals surface area contributed by atoms with Gasteiger partial charge in [-0.15, -0.1) is 0 Å². The Bertz CT molecular complexity index is 315. The quantitative estimate of drug-likeness (QED) is 0.605. The van der Waals surface area contributed by atoms with Crippen molar-refractivity contribution in [1.82, 2.24) is 9.55 Å². The third-order valence-corrected chi connectivity index (χ3v) is 1.97. The summed E-state index contributed by atoms with van der Waals surface area (Å²) in [6.07, 6.45) is 3.73. The highest BCUT2D eigenvalue weighted by Gasteiger charge is 2.22. The molecule has 0 saturated heterocycles. The molecule has 0 atom stereocenters. The highest BCUT2D eigenvalue weighted by atomic mass is 15.1. The molecule has 0 fully saturated rings. The van der Waals surface area contributed by atoms with E-state index in [0.717, 1.165) is 11.5 Å². The monoisotopic (exact) mass is 179 g/mol. The summed E-state index contributed by atoms with van der Waals surface area (Å²) in [4.78, 5) is 8.58. The molecule has 0 amide bonds. The van der Waals surface area contributed by atoms with Crippen molar-refractivity contribution in [2.75, 3.05) is 7.05 Å². The molecule has 0 unspecified atom stereocenters. The molecule has 72 valence electrons. The fourth-order valence-electron chi connectivity index (χ4n) is 1.36. The molecule has 0 aliphatic heterocycles. The van der Waals surface area contributed by atoms with Gasteiger partial charge in [-0.1, -0.05) is 20.8 Å². The van der Waals surface area contributed by atoms with Gasteiger partial charge in [0, 0.05) is 31.9 Å². The van der Waals surface area contributed by atoms with E-state index in [0.29, 0.717) is 0 Å². The van der Waals surface area contributed by atoms with Gasteiger partial charge in [-0.2, -0.15) is 0 Å². The van der Waals surface area contributed by atoms with Gasteiger partial charge in [0.1, 0.15) is 0 Å². The first kappa shape index (κ1) is 9.96. The minimum absolute atomic E-state index is 0.0495. The van der Waals surface area contributed by atoms with Crippen molar-refractivity contribution in [2.45, 2.75) is 20.8 Å². The van der Waals surface area contributed by atoms with E-state index < -0.39 is 0 Å². The maximum absolute atomic E-state index is 4.30. The third-order valence-electron chi connectivity index (χ3n) is 1.97. The summed E-state index contributed by atoms with van der Waals surface area (Å²) in [6.45, 7) is 6.43. The number of imidazole rings is 1. The molecule has 1 aromatic rings. The van der Waals surface area contributed by atoms with Crippen molar-refractivity contribution < 1.29 is 0 Å². The number of hydrogen-bond acceptors (Lipinski definition) is 2. The van der Waals surface area contributed by atoms with Gasteiger partial charge in [0.05, 0.1) is 5.71 Å². The summed E-state index contributed by atoms with van der Waals surface area (Å²) < 4.78 is 1.99. The van der Waals surface area contributed by atoms with Gasteiger partial charge >= 0.3 is 0 Å². The van der Waals surface area contributed by atoms with Gasteiger partial charge in [0.15, 0.2) is 5.82 Å². The number of hydrogen-bond donors (Lipinski definition) is 0. The SMILES string of the molecule is CN=C(c1nccn1C)C(C)(C)C. The molecule has 1 rings (SSSR count). The molecule has 1 heterocycles. The van der Waals surface area contributed by atoms with Crippen LogP contribution >= 0.6 is 0 Å². The lowest BCUT2D eigenvalue weighted by molar-refractivity contribution is 0.584. The second-order valence-corrected chi connectivity index (χ2v) is 4.18. The molecule has 0 N–H and O–H groups in total. The maximum atomic E-state index is 4.30. The number of aromatic nitrogens is 2. The first-order valence-electron chi connectivity index (χ1n) is 4.41. The molecule has 13 heavy (non-hydrogen) atoms. The Morgan fingerprint density at radius 2 is 2.08 bits per heavy atom. The number of aryl methyl sites for hydroxylation is 1. The Labute approximate surface area is 79.5 Å². The molecule has 0 aliphatic carbocycles. The Morgan fingerprint density at radius 1 is 1.46 bits per heavy atom. The van der Waals surface area contributed by atoms with Crippen LogP contribution in [0.1, 0.15) is 26.6 Å². The second-order valence-electron chi connectivity index (χ2n) is 4.18. The number of aliphatic imine (C=N–C) groups is 1. The average Bonchev–Trinajstić information content (AvgIpc) is 2.35. The van der Waals surface area contributed by atoms with Gasteiger partial charge in [0.2, 0.25) is 0 Å². The molecule has 1 aromatic heterocycles. The maximum Gasteiger partial charge on any atom is 0.154 e. The minimum Gasteiger partial charge on any atom is -0.333 e. The highest BCUT2D eigenvalue weighted by Crippen LogP contribution is 2.20. The zero-order valence-corrected chi connectivity index (χ0v) is 9.00. The van der Waals surface area contributed by atoms with Gasteiger partial charge in [-0.25, -0.2) is 4.98 Å². The van der Waals surface area contributed by atoms with Crippen molar-refractivity contribution in [1.29, 1.82) is 0 Å². The lowest BCUT2D eigenvalue weighted by atomic mass is 9.89. The zero-order chi connectivity index (χ0) is 10.1. The largest absolute Gasteiger partial charge is 0.333 e.